The highest BCUT2D eigenvalue weighted by atomic mass is 32.1. The van der Waals surface area contributed by atoms with Crippen LogP contribution < -0.4 is 5.32 Å². The fourth-order valence-electron chi connectivity index (χ4n) is 3.35. The Morgan fingerprint density at radius 3 is 2.72 bits per heavy atom. The highest BCUT2D eigenvalue weighted by Gasteiger charge is 2.31. The normalized spacial score (nSPS) is 14.5. The van der Waals surface area contributed by atoms with Gasteiger partial charge in [0.05, 0.1) is 18.8 Å². The highest BCUT2D eigenvalue weighted by molar-refractivity contribution is 7.09. The number of fused-ring (bicyclic) bond motifs is 3. The van der Waals surface area contributed by atoms with Gasteiger partial charge in [-0.2, -0.15) is 5.10 Å². The molecule has 0 saturated heterocycles. The number of hydrogen-bond acceptors (Lipinski definition) is 4. The lowest BCUT2D eigenvalue weighted by Gasteiger charge is -2.23. The fourth-order valence-corrected chi connectivity index (χ4v) is 3.99. The van der Waals surface area contributed by atoms with Crippen molar-refractivity contribution in [3.05, 3.63) is 58.4 Å². The average Bonchev–Trinajstić information content (AvgIpc) is 3.29. The third kappa shape index (κ3) is 3.96. The number of para-hydroxylation sites is 1. The number of hydrazone groups is 1. The Hall–Kier alpha value is -2.93. The smallest absolute Gasteiger partial charge is 0.291 e. The third-order valence-electron chi connectivity index (χ3n) is 5.01. The van der Waals surface area contributed by atoms with E-state index in [2.05, 4.69) is 31.2 Å². The molecule has 3 aromatic rings. The van der Waals surface area contributed by atoms with Crippen LogP contribution >= 0.6 is 11.3 Å². The maximum atomic E-state index is 13.3. The van der Waals surface area contributed by atoms with Crippen molar-refractivity contribution in [3.63, 3.8) is 0 Å². The van der Waals surface area contributed by atoms with Crippen molar-refractivity contribution < 1.29 is 9.59 Å². The Labute approximate surface area is 173 Å². The molecule has 2 aromatic heterocycles. The standard InChI is InChI=1S/C22H24N4O2S/c1-22(2,3)19-13-25-17-9-5-4-7-15(17)11-18(25)21(28)26(24-19)14-20(27)23-12-16-8-6-10-29-16/h4-11H,12-14H2,1-3H3,(H,23,27). The quantitative estimate of drug-likeness (QED) is 0.712. The summed E-state index contributed by atoms with van der Waals surface area (Å²) >= 11 is 1.59. The molecule has 6 nitrogen and oxygen atoms in total. The van der Waals surface area contributed by atoms with Crippen LogP contribution in [0.25, 0.3) is 10.9 Å². The number of amides is 2. The Balaban J connectivity index is 1.65. The van der Waals surface area contributed by atoms with Crippen LogP contribution in [0, 0.1) is 5.41 Å². The average molecular weight is 409 g/mol. The number of hydrogen-bond donors (Lipinski definition) is 1. The van der Waals surface area contributed by atoms with Crippen molar-refractivity contribution in [2.75, 3.05) is 6.54 Å². The van der Waals surface area contributed by atoms with Crippen LogP contribution in [-0.4, -0.2) is 33.6 Å². The van der Waals surface area contributed by atoms with E-state index in [0.29, 0.717) is 18.8 Å². The third-order valence-corrected chi connectivity index (χ3v) is 5.89. The van der Waals surface area contributed by atoms with Crippen LogP contribution in [0.3, 0.4) is 0 Å². The van der Waals surface area contributed by atoms with E-state index < -0.39 is 0 Å². The van der Waals surface area contributed by atoms with E-state index in [1.54, 1.807) is 11.3 Å². The van der Waals surface area contributed by atoms with Gasteiger partial charge >= 0.3 is 0 Å². The van der Waals surface area contributed by atoms with Crippen molar-refractivity contribution in [2.24, 2.45) is 10.5 Å². The van der Waals surface area contributed by atoms with E-state index in [0.717, 1.165) is 21.5 Å². The number of benzene rings is 1. The number of aromatic nitrogens is 1. The van der Waals surface area contributed by atoms with Crippen LogP contribution in [0.1, 0.15) is 36.1 Å². The summed E-state index contributed by atoms with van der Waals surface area (Å²) in [5.74, 6) is -0.486. The Morgan fingerprint density at radius 1 is 1.21 bits per heavy atom. The zero-order valence-corrected chi connectivity index (χ0v) is 17.6. The molecule has 4 rings (SSSR count). The number of carbonyl (C=O) groups excluding carboxylic acids is 2. The molecule has 0 aliphatic carbocycles. The number of nitrogens with zero attached hydrogens (tertiary/aromatic N) is 3. The van der Waals surface area contributed by atoms with E-state index in [4.69, 9.17) is 0 Å². The molecule has 0 atom stereocenters. The van der Waals surface area contributed by atoms with Gasteiger partial charge in [0, 0.05) is 21.2 Å². The SMILES string of the molecule is CC(C)(C)C1=NN(CC(=O)NCc2cccs2)C(=O)c2cc3ccccc3n2C1. The molecule has 0 saturated carbocycles. The molecular weight excluding hydrogens is 384 g/mol. The van der Waals surface area contributed by atoms with Crippen LogP contribution in [0.5, 0.6) is 0 Å². The number of thiophene rings is 1. The summed E-state index contributed by atoms with van der Waals surface area (Å²) in [6.07, 6.45) is 0. The molecule has 0 unspecified atom stereocenters. The monoisotopic (exact) mass is 408 g/mol. The maximum absolute atomic E-state index is 13.3. The number of rotatable bonds is 4. The van der Waals surface area contributed by atoms with Gasteiger partial charge < -0.3 is 9.88 Å². The topological polar surface area (TPSA) is 66.7 Å². The molecule has 0 bridgehead atoms. The van der Waals surface area contributed by atoms with Crippen LogP contribution in [-0.2, 0) is 17.9 Å². The Morgan fingerprint density at radius 2 is 2.00 bits per heavy atom. The Kier molecular flexibility index (Phi) is 5.00. The van der Waals surface area contributed by atoms with E-state index in [-0.39, 0.29) is 23.8 Å². The van der Waals surface area contributed by atoms with E-state index in [9.17, 15) is 9.59 Å². The molecule has 1 aliphatic rings. The molecule has 0 spiro atoms. The molecule has 3 heterocycles. The van der Waals surface area contributed by atoms with Crippen molar-refractivity contribution in [2.45, 2.75) is 33.9 Å². The maximum Gasteiger partial charge on any atom is 0.291 e. The van der Waals surface area contributed by atoms with Gasteiger partial charge in [-0.05, 0) is 23.6 Å². The summed E-state index contributed by atoms with van der Waals surface area (Å²) in [5.41, 5.74) is 2.17. The van der Waals surface area contributed by atoms with E-state index in [1.165, 1.54) is 5.01 Å². The molecular formula is C22H24N4O2S. The summed E-state index contributed by atoms with van der Waals surface area (Å²) in [4.78, 5) is 26.9. The van der Waals surface area contributed by atoms with Crippen LogP contribution in [0.15, 0.2) is 52.9 Å². The second-order valence-corrected chi connectivity index (χ2v) is 9.22. The second kappa shape index (κ2) is 7.48. The molecule has 1 aliphatic heterocycles. The van der Waals surface area contributed by atoms with Gasteiger partial charge in [0.15, 0.2) is 0 Å². The number of nitrogens with one attached hydrogen (secondary N) is 1. The molecule has 7 heteroatoms. The van der Waals surface area contributed by atoms with Gasteiger partial charge in [-0.1, -0.05) is 45.0 Å². The van der Waals surface area contributed by atoms with Gasteiger partial charge in [0.1, 0.15) is 12.2 Å². The highest BCUT2D eigenvalue weighted by Crippen LogP contribution is 2.27. The predicted molar refractivity (Wildman–Crippen MR) is 116 cm³/mol. The van der Waals surface area contributed by atoms with E-state index >= 15 is 0 Å². The molecule has 1 N–H and O–H groups in total. The van der Waals surface area contributed by atoms with Gasteiger partial charge in [0.25, 0.3) is 5.91 Å². The van der Waals surface area contributed by atoms with Crippen molar-refractivity contribution in [1.82, 2.24) is 14.9 Å². The minimum Gasteiger partial charge on any atom is -0.350 e. The molecule has 2 amide bonds. The summed E-state index contributed by atoms with van der Waals surface area (Å²) in [7, 11) is 0. The first kappa shape index (κ1) is 19.4. The minimum absolute atomic E-state index is 0.106. The first-order valence-electron chi connectivity index (χ1n) is 9.60. The van der Waals surface area contributed by atoms with E-state index in [1.807, 2.05) is 52.4 Å². The lowest BCUT2D eigenvalue weighted by molar-refractivity contribution is -0.121. The Bertz CT molecular complexity index is 1090. The van der Waals surface area contributed by atoms with Gasteiger partial charge in [-0.3, -0.25) is 9.59 Å². The second-order valence-electron chi connectivity index (χ2n) is 8.19. The zero-order chi connectivity index (χ0) is 20.6. The summed E-state index contributed by atoms with van der Waals surface area (Å²) < 4.78 is 2.01. The fraction of sp³-hybridized carbons (Fsp3) is 0.318. The summed E-state index contributed by atoms with van der Waals surface area (Å²) in [5, 5.41) is 11.8. The van der Waals surface area contributed by atoms with Crippen molar-refractivity contribution in [3.8, 4) is 0 Å². The summed E-state index contributed by atoms with van der Waals surface area (Å²) in [6.45, 7) is 7.08. The minimum atomic E-state index is -0.258. The zero-order valence-electron chi connectivity index (χ0n) is 16.8. The van der Waals surface area contributed by atoms with Crippen molar-refractivity contribution in [1.29, 1.82) is 0 Å². The van der Waals surface area contributed by atoms with Gasteiger partial charge in [0.2, 0.25) is 5.91 Å². The molecule has 29 heavy (non-hydrogen) atoms. The first-order valence-corrected chi connectivity index (χ1v) is 10.5. The lowest BCUT2D eigenvalue weighted by atomic mass is 9.90. The van der Waals surface area contributed by atoms with Gasteiger partial charge in [-0.25, -0.2) is 5.01 Å². The molecule has 1 aromatic carbocycles. The summed E-state index contributed by atoms with van der Waals surface area (Å²) in [6, 6.07) is 13.7. The van der Waals surface area contributed by atoms with Gasteiger partial charge in [-0.15, -0.1) is 11.3 Å². The first-order chi connectivity index (χ1) is 13.8. The van der Waals surface area contributed by atoms with Crippen molar-refractivity contribution >= 4 is 39.8 Å². The molecule has 0 fully saturated rings. The van der Waals surface area contributed by atoms with Crippen LogP contribution in [0.4, 0.5) is 0 Å². The lowest BCUT2D eigenvalue weighted by Crippen LogP contribution is -2.38. The molecule has 0 radical (unpaired) electrons. The largest absolute Gasteiger partial charge is 0.350 e. The number of carbonyl (C=O) groups is 2. The van der Waals surface area contributed by atoms with Crippen LogP contribution in [0.2, 0.25) is 0 Å². The molecule has 150 valence electrons. The predicted octanol–water partition coefficient (Wildman–Crippen LogP) is 3.88.